The van der Waals surface area contributed by atoms with E-state index in [-0.39, 0.29) is 31.3 Å². The summed E-state index contributed by atoms with van der Waals surface area (Å²) in [6.45, 7) is 15.7. The first-order valence-electron chi connectivity index (χ1n) is 14.9. The number of benzene rings is 2. The van der Waals surface area contributed by atoms with Crippen molar-refractivity contribution in [3.63, 3.8) is 0 Å². The SMILES string of the molecule is C=CCOC(=O)NCc1ccc([C@H]2O[C@@H](CN3CC4(C)CC3CC(C)(C)C4)[C@@H](C)[C@@H](c3ccc(CO)cc3)O2)cc1. The maximum absolute atomic E-state index is 11.8. The maximum Gasteiger partial charge on any atom is 0.407 e. The highest BCUT2D eigenvalue weighted by molar-refractivity contribution is 5.67. The van der Waals surface area contributed by atoms with Crippen LogP contribution in [-0.2, 0) is 27.4 Å². The molecule has 6 atom stereocenters. The number of likely N-dealkylation sites (tertiary alicyclic amines) is 1. The number of carbonyl (C=O) groups is 1. The molecule has 2 aromatic rings. The molecule has 7 heteroatoms. The Hall–Kier alpha value is -2.71. The normalized spacial score (nSPS) is 31.0. The summed E-state index contributed by atoms with van der Waals surface area (Å²) in [5, 5.41) is 12.3. The van der Waals surface area contributed by atoms with Crippen LogP contribution in [0, 0.1) is 16.7 Å². The van der Waals surface area contributed by atoms with Gasteiger partial charge in [0.05, 0.1) is 18.8 Å². The number of alkyl carbamates (subject to hydrolysis) is 1. The number of nitrogens with zero attached hydrogens (tertiary/aromatic N) is 1. The Bertz CT molecular complexity index is 1200. The van der Waals surface area contributed by atoms with E-state index in [2.05, 4.69) is 56.6 Å². The number of nitrogens with one attached hydrogen (secondary N) is 1. The average molecular weight is 563 g/mol. The van der Waals surface area contributed by atoms with Crippen molar-refractivity contribution in [2.24, 2.45) is 16.7 Å². The summed E-state index contributed by atoms with van der Waals surface area (Å²) in [5.41, 5.74) is 4.63. The summed E-state index contributed by atoms with van der Waals surface area (Å²) in [7, 11) is 0. The van der Waals surface area contributed by atoms with E-state index in [1.54, 1.807) is 0 Å². The van der Waals surface area contributed by atoms with Crippen molar-refractivity contribution in [3.8, 4) is 0 Å². The summed E-state index contributed by atoms with van der Waals surface area (Å²) >= 11 is 0. The second kappa shape index (κ2) is 12.3. The van der Waals surface area contributed by atoms with Crippen molar-refractivity contribution in [2.75, 3.05) is 19.7 Å². The van der Waals surface area contributed by atoms with Gasteiger partial charge in [-0.25, -0.2) is 4.79 Å². The number of carbonyl (C=O) groups excluding carboxylic acids is 1. The van der Waals surface area contributed by atoms with Crippen LogP contribution in [0.3, 0.4) is 0 Å². The monoisotopic (exact) mass is 562 g/mol. The molecule has 1 saturated carbocycles. The number of aliphatic hydroxyl groups excluding tert-OH is 1. The van der Waals surface area contributed by atoms with Gasteiger partial charge >= 0.3 is 6.09 Å². The zero-order valence-electron chi connectivity index (χ0n) is 25.0. The lowest BCUT2D eigenvalue weighted by molar-refractivity contribution is -0.276. The highest BCUT2D eigenvalue weighted by Crippen LogP contribution is 2.53. The van der Waals surface area contributed by atoms with E-state index in [4.69, 9.17) is 14.2 Å². The minimum atomic E-state index is -0.507. The lowest BCUT2D eigenvalue weighted by atomic mass is 9.65. The first kappa shape index (κ1) is 29.8. The predicted molar refractivity (Wildman–Crippen MR) is 159 cm³/mol. The highest BCUT2D eigenvalue weighted by Gasteiger charge is 2.51. The zero-order valence-corrected chi connectivity index (χ0v) is 25.0. The summed E-state index contributed by atoms with van der Waals surface area (Å²) in [6, 6.07) is 16.7. The molecule has 5 rings (SSSR count). The van der Waals surface area contributed by atoms with Crippen molar-refractivity contribution < 1.29 is 24.1 Å². The molecule has 2 heterocycles. The number of hydrogen-bond donors (Lipinski definition) is 2. The molecule has 3 aliphatic rings. The topological polar surface area (TPSA) is 80.3 Å². The highest BCUT2D eigenvalue weighted by atomic mass is 16.7. The molecular weight excluding hydrogens is 516 g/mol. The zero-order chi connectivity index (χ0) is 29.2. The van der Waals surface area contributed by atoms with Crippen LogP contribution < -0.4 is 5.32 Å². The number of hydrogen-bond acceptors (Lipinski definition) is 6. The second-order valence-corrected chi connectivity index (χ2v) is 13.4. The largest absolute Gasteiger partial charge is 0.445 e. The molecule has 41 heavy (non-hydrogen) atoms. The Morgan fingerprint density at radius 1 is 1.07 bits per heavy atom. The second-order valence-electron chi connectivity index (χ2n) is 13.4. The number of ether oxygens (including phenoxy) is 3. The van der Waals surface area contributed by atoms with E-state index in [1.807, 2.05) is 36.4 Å². The Labute approximate surface area is 244 Å². The van der Waals surface area contributed by atoms with Gasteiger partial charge in [-0.2, -0.15) is 0 Å². The first-order chi connectivity index (χ1) is 19.6. The van der Waals surface area contributed by atoms with Crippen LogP contribution in [0.4, 0.5) is 4.79 Å². The van der Waals surface area contributed by atoms with E-state index in [0.717, 1.165) is 35.3 Å². The molecule has 0 radical (unpaired) electrons. The molecule has 2 aliphatic heterocycles. The van der Waals surface area contributed by atoms with Crippen LogP contribution in [-0.4, -0.2) is 47.9 Å². The average Bonchev–Trinajstić information content (AvgIpc) is 3.19. The smallest absolute Gasteiger partial charge is 0.407 e. The van der Waals surface area contributed by atoms with Crippen LogP contribution in [0.15, 0.2) is 61.2 Å². The molecule has 2 aromatic carbocycles. The van der Waals surface area contributed by atoms with Gasteiger partial charge < -0.3 is 24.6 Å². The van der Waals surface area contributed by atoms with Crippen molar-refractivity contribution >= 4 is 6.09 Å². The maximum atomic E-state index is 11.8. The molecular formula is C34H46N2O5. The van der Waals surface area contributed by atoms with Gasteiger partial charge in [0, 0.05) is 37.2 Å². The third-order valence-electron chi connectivity index (χ3n) is 9.08. The number of aliphatic hydroxyl groups is 1. The van der Waals surface area contributed by atoms with Crippen LogP contribution in [0.5, 0.6) is 0 Å². The minimum Gasteiger partial charge on any atom is -0.445 e. The number of rotatable bonds is 9. The van der Waals surface area contributed by atoms with Gasteiger partial charge in [-0.1, -0.05) is 88.9 Å². The van der Waals surface area contributed by atoms with E-state index in [0.29, 0.717) is 23.4 Å². The van der Waals surface area contributed by atoms with Crippen molar-refractivity contribution in [1.82, 2.24) is 10.2 Å². The van der Waals surface area contributed by atoms with Gasteiger partial charge in [-0.15, -0.1) is 0 Å². The van der Waals surface area contributed by atoms with E-state index < -0.39 is 12.4 Å². The minimum absolute atomic E-state index is 0.00306. The Morgan fingerprint density at radius 3 is 2.44 bits per heavy atom. The molecule has 1 amide bonds. The van der Waals surface area contributed by atoms with E-state index >= 15 is 0 Å². The van der Waals surface area contributed by atoms with Gasteiger partial charge in [-0.05, 0) is 46.8 Å². The Balaban J connectivity index is 1.33. The van der Waals surface area contributed by atoms with Gasteiger partial charge in [0.1, 0.15) is 6.61 Å². The summed E-state index contributed by atoms with van der Waals surface area (Å²) in [6.07, 6.45) is 4.19. The fourth-order valence-corrected chi connectivity index (χ4v) is 7.50. The molecule has 0 spiro atoms. The predicted octanol–water partition coefficient (Wildman–Crippen LogP) is 6.28. The van der Waals surface area contributed by atoms with Crippen LogP contribution in [0.2, 0.25) is 0 Å². The standard InChI is InChI=1S/C34H46N2O5/c1-6-15-39-32(38)35-18-24-7-13-27(14-8-24)31-40-29(19-36-22-34(5)17-28(36)16-33(3,4)21-34)23(2)30(41-31)26-11-9-25(20-37)10-12-26/h6-14,23,28-31,37H,1,15-22H2,2-5H3,(H,35,38)/t23-,28?,29+,30+,31+,34?/m1/s1. The molecule has 2 N–H and O–H groups in total. The molecule has 2 saturated heterocycles. The first-order valence-corrected chi connectivity index (χ1v) is 14.9. The Morgan fingerprint density at radius 2 is 1.76 bits per heavy atom. The molecule has 0 aromatic heterocycles. The number of amides is 1. The molecule has 2 unspecified atom stereocenters. The number of fused-ring (bicyclic) bond motifs is 2. The van der Waals surface area contributed by atoms with E-state index in [1.165, 1.54) is 25.3 Å². The molecule has 222 valence electrons. The van der Waals surface area contributed by atoms with Gasteiger partial charge in [0.25, 0.3) is 0 Å². The van der Waals surface area contributed by atoms with Crippen LogP contribution >= 0.6 is 0 Å². The summed E-state index contributed by atoms with van der Waals surface area (Å²) in [4.78, 5) is 14.5. The quantitative estimate of drug-likeness (QED) is 0.350. The molecule has 3 fully saturated rings. The van der Waals surface area contributed by atoms with Crippen molar-refractivity contribution in [2.45, 2.75) is 84.6 Å². The lowest BCUT2D eigenvalue weighted by Gasteiger charge is -2.43. The lowest BCUT2D eigenvalue weighted by Crippen LogP contribution is -2.46. The summed E-state index contributed by atoms with van der Waals surface area (Å²) < 4.78 is 18.4. The van der Waals surface area contributed by atoms with Gasteiger partial charge in [0.15, 0.2) is 6.29 Å². The van der Waals surface area contributed by atoms with Crippen molar-refractivity contribution in [1.29, 1.82) is 0 Å². The fraction of sp³-hybridized carbons (Fsp3) is 0.559. The third-order valence-corrected chi connectivity index (χ3v) is 9.08. The third kappa shape index (κ3) is 7.03. The van der Waals surface area contributed by atoms with Gasteiger partial charge in [0.2, 0.25) is 0 Å². The molecule has 2 bridgehead atoms. The molecule has 1 aliphatic carbocycles. The summed E-state index contributed by atoms with van der Waals surface area (Å²) in [5.74, 6) is 0.151. The van der Waals surface area contributed by atoms with Crippen LogP contribution in [0.1, 0.15) is 81.6 Å². The van der Waals surface area contributed by atoms with E-state index in [9.17, 15) is 9.90 Å². The Kier molecular flexibility index (Phi) is 8.90. The molecule has 7 nitrogen and oxygen atoms in total. The fourth-order valence-electron chi connectivity index (χ4n) is 7.50. The van der Waals surface area contributed by atoms with Crippen LogP contribution in [0.25, 0.3) is 0 Å². The van der Waals surface area contributed by atoms with Crippen molar-refractivity contribution in [3.05, 3.63) is 83.4 Å². The van der Waals surface area contributed by atoms with Gasteiger partial charge in [-0.3, -0.25) is 4.90 Å².